The molecule has 1 saturated heterocycles. The van der Waals surface area contributed by atoms with Crippen LogP contribution in [0.3, 0.4) is 0 Å². The largest absolute Gasteiger partial charge is 0.322 e. The van der Waals surface area contributed by atoms with Crippen LogP contribution in [0.1, 0.15) is 31.4 Å². The summed E-state index contributed by atoms with van der Waals surface area (Å²) in [5.41, 5.74) is 0.842. The van der Waals surface area contributed by atoms with Gasteiger partial charge in [0.15, 0.2) is 0 Å². The Labute approximate surface area is 135 Å². The molecule has 0 saturated carbocycles. The van der Waals surface area contributed by atoms with E-state index < -0.39 is 0 Å². The van der Waals surface area contributed by atoms with Gasteiger partial charge in [-0.05, 0) is 25.0 Å². The summed E-state index contributed by atoms with van der Waals surface area (Å²) in [7, 11) is 0. The summed E-state index contributed by atoms with van der Waals surface area (Å²) >= 11 is 0. The third kappa shape index (κ3) is 2.48. The van der Waals surface area contributed by atoms with Crippen molar-refractivity contribution >= 4 is 11.7 Å². The van der Waals surface area contributed by atoms with Gasteiger partial charge in [-0.1, -0.05) is 25.1 Å². The number of fused-ring (bicyclic) bond motifs is 3. The third-order valence-electron chi connectivity index (χ3n) is 4.91. The minimum absolute atomic E-state index is 0.000427. The fourth-order valence-corrected chi connectivity index (χ4v) is 3.80. The molecule has 6 heteroatoms. The third-order valence-corrected chi connectivity index (χ3v) is 4.91. The van der Waals surface area contributed by atoms with E-state index in [1.165, 1.54) is 0 Å². The molecule has 2 atom stereocenters. The molecular formula is C17H21N5O. The van der Waals surface area contributed by atoms with Crippen LogP contribution in [0.15, 0.2) is 30.3 Å². The molecule has 0 spiro atoms. The fourth-order valence-electron chi connectivity index (χ4n) is 3.80. The Morgan fingerprint density at radius 3 is 2.78 bits per heavy atom. The number of aromatic nitrogens is 3. The van der Waals surface area contributed by atoms with Gasteiger partial charge in [0.05, 0.1) is 6.04 Å². The van der Waals surface area contributed by atoms with Crippen LogP contribution in [0.5, 0.6) is 0 Å². The normalized spacial score (nSPS) is 22.6. The number of urea groups is 1. The van der Waals surface area contributed by atoms with Gasteiger partial charge in [0.25, 0.3) is 0 Å². The molecule has 1 N–H and O–H groups in total. The molecule has 4 rings (SSSR count). The first-order valence-electron chi connectivity index (χ1n) is 8.31. The van der Waals surface area contributed by atoms with Crippen molar-refractivity contribution in [3.63, 3.8) is 0 Å². The van der Waals surface area contributed by atoms with Gasteiger partial charge < -0.3 is 14.8 Å². The SMILES string of the molecule is CCc1nnc2n1CC1CCC(C2)N1C(=O)Nc1ccccc1. The minimum atomic E-state index is 0.000427. The molecule has 1 fully saturated rings. The van der Waals surface area contributed by atoms with Crippen LogP contribution >= 0.6 is 0 Å². The average molecular weight is 311 g/mol. The van der Waals surface area contributed by atoms with Gasteiger partial charge >= 0.3 is 6.03 Å². The van der Waals surface area contributed by atoms with Crippen LogP contribution in [0, 0.1) is 0 Å². The molecule has 2 bridgehead atoms. The van der Waals surface area contributed by atoms with Gasteiger partial charge in [0.1, 0.15) is 11.6 Å². The lowest BCUT2D eigenvalue weighted by Crippen LogP contribution is -2.44. The molecule has 2 unspecified atom stereocenters. The second-order valence-corrected chi connectivity index (χ2v) is 6.29. The van der Waals surface area contributed by atoms with Gasteiger partial charge in [-0.25, -0.2) is 4.79 Å². The van der Waals surface area contributed by atoms with Crippen LogP contribution in [0.4, 0.5) is 10.5 Å². The maximum Gasteiger partial charge on any atom is 0.322 e. The Bertz CT molecular complexity index is 711. The zero-order valence-corrected chi connectivity index (χ0v) is 13.3. The van der Waals surface area contributed by atoms with E-state index >= 15 is 0 Å². The fraction of sp³-hybridized carbons (Fsp3) is 0.471. The maximum absolute atomic E-state index is 12.8. The highest BCUT2D eigenvalue weighted by molar-refractivity contribution is 5.90. The Morgan fingerprint density at radius 2 is 2.00 bits per heavy atom. The lowest BCUT2D eigenvalue weighted by atomic mass is 10.1. The zero-order chi connectivity index (χ0) is 15.8. The summed E-state index contributed by atoms with van der Waals surface area (Å²) in [5, 5.41) is 11.7. The van der Waals surface area contributed by atoms with Gasteiger partial charge in [-0.3, -0.25) is 0 Å². The first kappa shape index (κ1) is 14.2. The molecule has 2 aliphatic rings. The van der Waals surface area contributed by atoms with E-state index in [2.05, 4.69) is 27.0 Å². The van der Waals surface area contributed by atoms with E-state index in [0.29, 0.717) is 0 Å². The number of amides is 2. The summed E-state index contributed by atoms with van der Waals surface area (Å²) in [4.78, 5) is 14.8. The molecule has 0 radical (unpaired) electrons. The van der Waals surface area contributed by atoms with Crippen molar-refractivity contribution in [3.05, 3.63) is 42.0 Å². The van der Waals surface area contributed by atoms with Crippen molar-refractivity contribution < 1.29 is 4.79 Å². The Balaban J connectivity index is 1.57. The Hall–Kier alpha value is -2.37. The smallest absolute Gasteiger partial charge is 0.316 e. The van der Waals surface area contributed by atoms with E-state index in [1.807, 2.05) is 35.2 Å². The average Bonchev–Trinajstić information content (AvgIpc) is 3.08. The number of rotatable bonds is 2. The van der Waals surface area contributed by atoms with Crippen LogP contribution in [0.2, 0.25) is 0 Å². The van der Waals surface area contributed by atoms with Crippen molar-refractivity contribution in [3.8, 4) is 0 Å². The van der Waals surface area contributed by atoms with Crippen molar-refractivity contribution in [2.75, 3.05) is 5.32 Å². The number of para-hydroxylation sites is 1. The van der Waals surface area contributed by atoms with E-state index in [9.17, 15) is 4.79 Å². The van der Waals surface area contributed by atoms with Gasteiger partial charge in [-0.2, -0.15) is 0 Å². The number of hydrogen-bond donors (Lipinski definition) is 1. The van der Waals surface area contributed by atoms with E-state index in [1.54, 1.807) is 0 Å². The summed E-state index contributed by atoms with van der Waals surface area (Å²) in [6.45, 7) is 2.91. The number of nitrogens with zero attached hydrogens (tertiary/aromatic N) is 4. The highest BCUT2D eigenvalue weighted by Gasteiger charge is 2.41. The molecule has 23 heavy (non-hydrogen) atoms. The highest BCUT2D eigenvalue weighted by atomic mass is 16.2. The molecule has 2 amide bonds. The molecule has 6 nitrogen and oxygen atoms in total. The number of aryl methyl sites for hydroxylation is 1. The highest BCUT2D eigenvalue weighted by Crippen LogP contribution is 2.32. The Kier molecular flexibility index (Phi) is 3.52. The van der Waals surface area contributed by atoms with Crippen LogP contribution in [0.25, 0.3) is 0 Å². The quantitative estimate of drug-likeness (QED) is 0.926. The van der Waals surface area contributed by atoms with E-state index in [4.69, 9.17) is 0 Å². The number of anilines is 1. The monoisotopic (exact) mass is 311 g/mol. The molecule has 1 aromatic carbocycles. The van der Waals surface area contributed by atoms with Crippen molar-refractivity contribution in [2.45, 2.75) is 51.2 Å². The molecule has 120 valence electrons. The lowest BCUT2D eigenvalue weighted by molar-refractivity contribution is 0.184. The van der Waals surface area contributed by atoms with Gasteiger partial charge in [0, 0.05) is 31.1 Å². The number of carbonyl (C=O) groups is 1. The molecule has 0 aliphatic carbocycles. The predicted molar refractivity (Wildman–Crippen MR) is 87.2 cm³/mol. The molecule has 2 aliphatic heterocycles. The van der Waals surface area contributed by atoms with Crippen LogP contribution in [-0.4, -0.2) is 37.8 Å². The molecule has 2 aromatic rings. The first-order valence-corrected chi connectivity index (χ1v) is 8.31. The molecular weight excluding hydrogens is 290 g/mol. The molecule has 3 heterocycles. The lowest BCUT2D eigenvalue weighted by Gasteiger charge is -2.28. The summed E-state index contributed by atoms with van der Waals surface area (Å²) in [6, 6.07) is 10.1. The number of nitrogens with one attached hydrogen (secondary N) is 1. The molecule has 1 aromatic heterocycles. The topological polar surface area (TPSA) is 63.1 Å². The summed E-state index contributed by atoms with van der Waals surface area (Å²) in [6.07, 6.45) is 3.77. The standard InChI is InChI=1S/C17H21N5O/c1-2-15-19-20-16-10-13-8-9-14(11-21(15)16)22(13)17(23)18-12-6-4-3-5-7-12/h3-7,13-14H,2,8-11H2,1H3,(H,18,23). The summed E-state index contributed by atoms with van der Waals surface area (Å²) < 4.78 is 2.21. The minimum Gasteiger partial charge on any atom is -0.316 e. The maximum atomic E-state index is 12.8. The first-order chi connectivity index (χ1) is 11.3. The van der Waals surface area contributed by atoms with Crippen LogP contribution in [-0.2, 0) is 19.4 Å². The van der Waals surface area contributed by atoms with E-state index in [0.717, 1.165) is 49.6 Å². The van der Waals surface area contributed by atoms with E-state index in [-0.39, 0.29) is 18.1 Å². The van der Waals surface area contributed by atoms with Gasteiger partial charge in [0.2, 0.25) is 0 Å². The number of carbonyl (C=O) groups excluding carboxylic acids is 1. The van der Waals surface area contributed by atoms with Gasteiger partial charge in [-0.15, -0.1) is 10.2 Å². The summed E-state index contributed by atoms with van der Waals surface area (Å²) in [5.74, 6) is 2.04. The second-order valence-electron chi connectivity index (χ2n) is 6.29. The predicted octanol–water partition coefficient (Wildman–Crippen LogP) is 2.46. The number of benzene rings is 1. The van der Waals surface area contributed by atoms with Crippen LogP contribution < -0.4 is 5.32 Å². The zero-order valence-electron chi connectivity index (χ0n) is 13.3. The second kappa shape index (κ2) is 5.68. The van der Waals surface area contributed by atoms with Crippen molar-refractivity contribution in [1.82, 2.24) is 19.7 Å². The van der Waals surface area contributed by atoms with Crippen molar-refractivity contribution in [2.24, 2.45) is 0 Å². The number of hydrogen-bond acceptors (Lipinski definition) is 3. The Morgan fingerprint density at radius 1 is 1.22 bits per heavy atom. The van der Waals surface area contributed by atoms with Crippen molar-refractivity contribution in [1.29, 1.82) is 0 Å².